The van der Waals surface area contributed by atoms with Gasteiger partial charge < -0.3 is 4.74 Å². The monoisotopic (exact) mass is 399 g/mol. The van der Waals surface area contributed by atoms with E-state index in [1.54, 1.807) is 12.1 Å². The molecule has 1 aliphatic heterocycles. The summed E-state index contributed by atoms with van der Waals surface area (Å²) in [4.78, 5) is 2.31. The number of nitrogens with zero attached hydrogens (tertiary/aromatic N) is 3. The van der Waals surface area contributed by atoms with E-state index in [9.17, 15) is 13.7 Å². The van der Waals surface area contributed by atoms with Crippen LogP contribution in [-0.4, -0.2) is 49.9 Å². The second-order valence-electron chi connectivity index (χ2n) is 7.06. The highest BCUT2D eigenvalue weighted by Gasteiger charge is 2.30. The van der Waals surface area contributed by atoms with Crippen molar-refractivity contribution in [2.75, 3.05) is 26.2 Å². The molecular formula is C21H25N3O3S. The zero-order valence-corrected chi connectivity index (χ0v) is 17.0. The summed E-state index contributed by atoms with van der Waals surface area (Å²) in [5, 5.41) is 9.22. The molecule has 2 aromatic carbocycles. The third-order valence-corrected chi connectivity index (χ3v) is 6.64. The molecular weight excluding hydrogens is 374 g/mol. The fraction of sp³-hybridized carbons (Fsp3) is 0.381. The minimum absolute atomic E-state index is 0.0848. The zero-order chi connectivity index (χ0) is 20.1. The van der Waals surface area contributed by atoms with Crippen molar-refractivity contribution in [2.45, 2.75) is 31.4 Å². The Morgan fingerprint density at radius 3 is 2.36 bits per heavy atom. The SMILES string of the molecule is CC(C)Oc1ccccc1CN1CCN(S(=O)(=O)c2ccccc2C#N)CC1. The number of rotatable bonds is 6. The third kappa shape index (κ3) is 4.53. The first-order valence-electron chi connectivity index (χ1n) is 9.38. The quantitative estimate of drug-likeness (QED) is 0.747. The summed E-state index contributed by atoms with van der Waals surface area (Å²) >= 11 is 0. The summed E-state index contributed by atoms with van der Waals surface area (Å²) in [6.07, 6.45) is 0.100. The van der Waals surface area contributed by atoms with Crippen molar-refractivity contribution in [2.24, 2.45) is 0 Å². The number of ether oxygens (including phenoxy) is 1. The fourth-order valence-electron chi connectivity index (χ4n) is 3.30. The molecule has 1 saturated heterocycles. The van der Waals surface area contributed by atoms with Crippen molar-refractivity contribution < 1.29 is 13.2 Å². The fourth-order valence-corrected chi connectivity index (χ4v) is 4.86. The van der Waals surface area contributed by atoms with Crippen LogP contribution in [0.2, 0.25) is 0 Å². The van der Waals surface area contributed by atoms with Crippen LogP contribution in [0.15, 0.2) is 53.4 Å². The van der Waals surface area contributed by atoms with Gasteiger partial charge in [0.2, 0.25) is 10.0 Å². The van der Waals surface area contributed by atoms with Gasteiger partial charge in [-0.1, -0.05) is 30.3 Å². The molecule has 0 spiro atoms. The minimum atomic E-state index is -3.67. The highest BCUT2D eigenvalue weighted by molar-refractivity contribution is 7.89. The number of benzene rings is 2. The van der Waals surface area contributed by atoms with Crippen LogP contribution >= 0.6 is 0 Å². The van der Waals surface area contributed by atoms with Crippen molar-refractivity contribution in [3.8, 4) is 11.8 Å². The summed E-state index contributed by atoms with van der Waals surface area (Å²) in [5.41, 5.74) is 1.28. The van der Waals surface area contributed by atoms with Gasteiger partial charge >= 0.3 is 0 Å². The maximum absolute atomic E-state index is 12.9. The Morgan fingerprint density at radius 2 is 1.68 bits per heavy atom. The maximum atomic E-state index is 12.9. The third-order valence-electron chi connectivity index (χ3n) is 4.69. The minimum Gasteiger partial charge on any atom is -0.491 e. The lowest BCUT2D eigenvalue weighted by molar-refractivity contribution is 0.176. The van der Waals surface area contributed by atoms with Crippen LogP contribution in [-0.2, 0) is 16.6 Å². The number of hydrogen-bond acceptors (Lipinski definition) is 5. The molecule has 0 aliphatic carbocycles. The Morgan fingerprint density at radius 1 is 1.04 bits per heavy atom. The molecule has 0 unspecified atom stereocenters. The molecule has 7 heteroatoms. The van der Waals surface area contributed by atoms with Gasteiger partial charge in [-0.05, 0) is 32.0 Å². The van der Waals surface area contributed by atoms with E-state index in [1.165, 1.54) is 16.4 Å². The van der Waals surface area contributed by atoms with Crippen LogP contribution < -0.4 is 4.74 Å². The van der Waals surface area contributed by atoms with E-state index in [-0.39, 0.29) is 16.6 Å². The van der Waals surface area contributed by atoms with Crippen molar-refractivity contribution in [1.82, 2.24) is 9.21 Å². The number of sulfonamides is 1. The molecule has 0 radical (unpaired) electrons. The summed E-state index contributed by atoms with van der Waals surface area (Å²) in [6, 6.07) is 16.3. The first-order valence-corrected chi connectivity index (χ1v) is 10.8. The molecule has 1 aliphatic rings. The number of piperazine rings is 1. The van der Waals surface area contributed by atoms with E-state index >= 15 is 0 Å². The second kappa shape index (κ2) is 8.74. The molecule has 0 aromatic heterocycles. The molecule has 0 bridgehead atoms. The van der Waals surface area contributed by atoms with Crippen LogP contribution in [0, 0.1) is 11.3 Å². The molecule has 0 amide bonds. The Kier molecular flexibility index (Phi) is 6.35. The highest BCUT2D eigenvalue weighted by atomic mass is 32.2. The van der Waals surface area contributed by atoms with Gasteiger partial charge in [0.15, 0.2) is 0 Å². The summed E-state index contributed by atoms with van der Waals surface area (Å²) < 4.78 is 33.2. The lowest BCUT2D eigenvalue weighted by Crippen LogP contribution is -2.48. The second-order valence-corrected chi connectivity index (χ2v) is 8.97. The molecule has 0 atom stereocenters. The lowest BCUT2D eigenvalue weighted by Gasteiger charge is -2.34. The number of hydrogen-bond donors (Lipinski definition) is 0. The Labute approximate surface area is 167 Å². The van der Waals surface area contributed by atoms with Gasteiger partial charge in [-0.15, -0.1) is 0 Å². The largest absolute Gasteiger partial charge is 0.491 e. The van der Waals surface area contributed by atoms with Crippen molar-refractivity contribution in [3.05, 3.63) is 59.7 Å². The van der Waals surface area contributed by atoms with Gasteiger partial charge in [-0.3, -0.25) is 4.90 Å². The van der Waals surface area contributed by atoms with Crippen LogP contribution in [0.1, 0.15) is 25.0 Å². The van der Waals surface area contributed by atoms with Gasteiger partial charge in [0.1, 0.15) is 11.8 Å². The standard InChI is InChI=1S/C21H25N3O3S/c1-17(2)27-20-9-5-3-8-19(20)16-23-11-13-24(14-12-23)28(25,26)21-10-6-4-7-18(21)15-22/h3-10,17H,11-14,16H2,1-2H3. The van der Waals surface area contributed by atoms with E-state index in [1.807, 2.05) is 44.2 Å². The molecule has 148 valence electrons. The Bertz CT molecular complexity index is 959. The predicted octanol–water partition coefficient (Wildman–Crippen LogP) is 2.85. The Balaban J connectivity index is 1.68. The first kappa shape index (κ1) is 20.3. The topological polar surface area (TPSA) is 73.6 Å². The Hall–Kier alpha value is -2.40. The highest BCUT2D eigenvalue weighted by Crippen LogP contribution is 2.24. The van der Waals surface area contributed by atoms with E-state index in [4.69, 9.17) is 4.74 Å². The molecule has 0 N–H and O–H groups in total. The van der Waals surface area contributed by atoms with Crippen molar-refractivity contribution in [3.63, 3.8) is 0 Å². The van der Waals surface area contributed by atoms with Gasteiger partial charge in [0.25, 0.3) is 0 Å². The predicted molar refractivity (Wildman–Crippen MR) is 107 cm³/mol. The molecule has 1 fully saturated rings. The van der Waals surface area contributed by atoms with Crippen LogP contribution in [0.4, 0.5) is 0 Å². The molecule has 3 rings (SSSR count). The van der Waals surface area contributed by atoms with E-state index in [0.717, 1.165) is 11.3 Å². The summed E-state index contributed by atoms with van der Waals surface area (Å²) in [7, 11) is -3.67. The molecule has 28 heavy (non-hydrogen) atoms. The number of nitriles is 1. The first-order chi connectivity index (χ1) is 13.4. The summed E-state index contributed by atoms with van der Waals surface area (Å²) in [6.45, 7) is 6.77. The smallest absolute Gasteiger partial charge is 0.244 e. The van der Waals surface area contributed by atoms with Crippen LogP contribution in [0.5, 0.6) is 5.75 Å². The average Bonchev–Trinajstić information content (AvgIpc) is 2.69. The normalized spacial score (nSPS) is 16.1. The van der Waals surface area contributed by atoms with Crippen LogP contribution in [0.25, 0.3) is 0 Å². The van der Waals surface area contributed by atoms with E-state index in [2.05, 4.69) is 4.90 Å². The molecule has 0 saturated carbocycles. The molecule has 1 heterocycles. The zero-order valence-electron chi connectivity index (χ0n) is 16.2. The van der Waals surface area contributed by atoms with Gasteiger partial charge in [0.05, 0.1) is 16.6 Å². The van der Waals surface area contributed by atoms with Crippen molar-refractivity contribution in [1.29, 1.82) is 5.26 Å². The van der Waals surface area contributed by atoms with Gasteiger partial charge in [0, 0.05) is 38.3 Å². The van der Waals surface area contributed by atoms with Gasteiger partial charge in [-0.2, -0.15) is 9.57 Å². The lowest BCUT2D eigenvalue weighted by atomic mass is 10.1. The van der Waals surface area contributed by atoms with Gasteiger partial charge in [-0.25, -0.2) is 8.42 Å². The van der Waals surface area contributed by atoms with E-state index < -0.39 is 10.0 Å². The molecule has 2 aromatic rings. The molecule has 6 nitrogen and oxygen atoms in total. The van der Waals surface area contributed by atoms with E-state index in [0.29, 0.717) is 32.7 Å². The van der Waals surface area contributed by atoms with Crippen molar-refractivity contribution >= 4 is 10.0 Å². The van der Waals surface area contributed by atoms with Crippen LogP contribution in [0.3, 0.4) is 0 Å². The maximum Gasteiger partial charge on any atom is 0.244 e. The summed E-state index contributed by atoms with van der Waals surface area (Å²) in [5.74, 6) is 0.871. The number of para-hydroxylation sites is 1. The average molecular weight is 400 g/mol.